The number of hydrogen-bond donors (Lipinski definition) is 0. The molecule has 0 spiro atoms. The van der Waals surface area contributed by atoms with Crippen molar-refractivity contribution in [3.8, 4) is 33.8 Å². The van der Waals surface area contributed by atoms with E-state index in [9.17, 15) is 28.8 Å². The van der Waals surface area contributed by atoms with Gasteiger partial charge in [-0.05, 0) is 108 Å². The van der Waals surface area contributed by atoms with Crippen molar-refractivity contribution in [2.45, 2.75) is 51.6 Å². The van der Waals surface area contributed by atoms with Crippen molar-refractivity contribution in [1.82, 2.24) is 28.7 Å². The monoisotopic (exact) mass is 1110 g/mol. The molecule has 0 radical (unpaired) electrons. The van der Waals surface area contributed by atoms with Gasteiger partial charge in [0.15, 0.2) is 23.1 Å². The number of hydrogen-bond acceptors (Lipinski definition) is 10. The molecule has 14 nitrogen and oxygen atoms in total. The van der Waals surface area contributed by atoms with Gasteiger partial charge in [-0.3, -0.25) is 38.1 Å². The Morgan fingerprint density at radius 3 is 1.23 bits per heavy atom. The van der Waals surface area contributed by atoms with E-state index in [1.54, 1.807) is 58.2 Å². The Labute approximate surface area is 471 Å². The summed E-state index contributed by atoms with van der Waals surface area (Å²) in [7, 11) is 6.69. The van der Waals surface area contributed by atoms with E-state index in [2.05, 4.69) is 10.2 Å². The summed E-state index contributed by atoms with van der Waals surface area (Å²) in [6.45, 7) is 2.91. The number of methoxy groups -OCH3 is 2. The molecule has 0 amide bonds. The van der Waals surface area contributed by atoms with Crippen LogP contribution in [0.4, 0.5) is 0 Å². The van der Waals surface area contributed by atoms with E-state index in [1.807, 2.05) is 124 Å². The van der Waals surface area contributed by atoms with Gasteiger partial charge in [0, 0.05) is 107 Å². The van der Waals surface area contributed by atoms with Crippen LogP contribution in [0.15, 0.2) is 180 Å². The van der Waals surface area contributed by atoms with Crippen LogP contribution in [-0.2, 0) is 49.4 Å². The second kappa shape index (κ2) is 24.4. The van der Waals surface area contributed by atoms with Crippen molar-refractivity contribution in [2.24, 2.45) is 14.1 Å². The first kappa shape index (κ1) is 55.8. The summed E-state index contributed by atoms with van der Waals surface area (Å²) in [5.74, 6) is 0.146. The highest BCUT2D eigenvalue weighted by molar-refractivity contribution is 6.31. The third-order valence-corrected chi connectivity index (χ3v) is 14.4. The Morgan fingerprint density at radius 2 is 0.863 bits per heavy atom. The van der Waals surface area contributed by atoms with Crippen molar-refractivity contribution in [2.75, 3.05) is 14.2 Å². The third kappa shape index (κ3) is 12.6. The lowest BCUT2D eigenvalue weighted by Crippen LogP contribution is -2.32. The molecule has 80 heavy (non-hydrogen) atoms. The number of ether oxygens (including phenoxy) is 2. The van der Waals surface area contributed by atoms with Gasteiger partial charge >= 0.3 is 0 Å². The minimum absolute atomic E-state index is 0.115. The molecule has 16 heteroatoms. The van der Waals surface area contributed by atoms with Gasteiger partial charge in [-0.15, -0.1) is 0 Å². The Kier molecular flexibility index (Phi) is 17.0. The van der Waals surface area contributed by atoms with E-state index in [1.165, 1.54) is 49.3 Å². The summed E-state index contributed by atoms with van der Waals surface area (Å²) in [5.41, 5.74) is 7.15. The molecule has 0 saturated carbocycles. The predicted molar refractivity (Wildman–Crippen MR) is 313 cm³/mol. The number of benzene rings is 6. The molecule has 4 aromatic heterocycles. The van der Waals surface area contributed by atoms with E-state index in [0.29, 0.717) is 67.8 Å². The van der Waals surface area contributed by atoms with Crippen LogP contribution in [0.3, 0.4) is 0 Å². The second-order valence-electron chi connectivity index (χ2n) is 19.6. The van der Waals surface area contributed by atoms with E-state index in [-0.39, 0.29) is 47.1 Å². The number of pyridine rings is 2. The zero-order valence-corrected chi connectivity index (χ0v) is 46.4. The Morgan fingerprint density at radius 1 is 0.475 bits per heavy atom. The molecular formula is C64H56Cl2N6O8. The number of aromatic nitrogens is 6. The predicted octanol–water partition coefficient (Wildman–Crippen LogP) is 11.7. The van der Waals surface area contributed by atoms with Gasteiger partial charge in [0.1, 0.15) is 11.5 Å². The van der Waals surface area contributed by atoms with Gasteiger partial charge in [-0.2, -0.15) is 10.2 Å². The molecule has 0 aliphatic heterocycles. The summed E-state index contributed by atoms with van der Waals surface area (Å²) in [5, 5.41) is 11.5. The van der Waals surface area contributed by atoms with Crippen molar-refractivity contribution < 1.29 is 28.7 Å². The zero-order valence-electron chi connectivity index (χ0n) is 44.9. The van der Waals surface area contributed by atoms with Crippen LogP contribution in [0.2, 0.25) is 10.0 Å². The minimum Gasteiger partial charge on any atom is -0.495 e. The standard InChI is InChI=1S/2C32H28ClN3O4/c2*1-20(37)25-11-10-24(33)16-26(25)27-17-32(39)36(19-31(27)40-3)29(14-21-7-5-4-6-8-21)30(38)15-22-9-12-28-23(13-22)18-35(2)34-28/h2*4-13,16-19,29H,14-15H2,1-3H3/t2*29-/m10/s1. The van der Waals surface area contributed by atoms with Gasteiger partial charge in [0.05, 0.1) is 49.7 Å². The summed E-state index contributed by atoms with van der Waals surface area (Å²) in [6, 6.07) is 41.7. The maximum atomic E-state index is 13.9. The number of aryl methyl sites for hydroxylation is 2. The van der Waals surface area contributed by atoms with Crippen LogP contribution >= 0.6 is 23.2 Å². The summed E-state index contributed by atoms with van der Waals surface area (Å²) in [6.07, 6.45) is 7.86. The Balaban J connectivity index is 0.000000194. The molecule has 404 valence electrons. The van der Waals surface area contributed by atoms with Gasteiger partial charge in [-0.1, -0.05) is 96.0 Å². The topological polar surface area (TPSA) is 166 Å². The fraction of sp³-hybridized carbons (Fsp3) is 0.188. The molecule has 4 heterocycles. The SMILES string of the molecule is COc1cn([C@@H](Cc2ccccc2)C(=O)Cc2ccc3nn(C)cc3c2)c(=O)cc1-c1cc(Cl)ccc1C(C)=O.COc1cn([C@H](Cc2ccccc2)C(=O)Cc2ccc3nn(C)cc3c2)c(=O)cc1-c1cc(Cl)ccc1C(C)=O. The summed E-state index contributed by atoms with van der Waals surface area (Å²) in [4.78, 5) is 79.7. The number of carbonyl (C=O) groups excluding carboxylic acids is 4. The molecule has 0 saturated heterocycles. The normalized spacial score (nSPS) is 11.9. The number of nitrogens with zero attached hydrogens (tertiary/aromatic N) is 6. The van der Waals surface area contributed by atoms with Crippen LogP contribution in [-0.4, -0.2) is 66.0 Å². The molecule has 0 N–H and O–H groups in total. The molecule has 0 bridgehead atoms. The first-order valence-electron chi connectivity index (χ1n) is 25.7. The lowest BCUT2D eigenvalue weighted by molar-refractivity contribution is -0.122. The van der Waals surface area contributed by atoms with Crippen LogP contribution in [0.1, 0.15) is 68.9 Å². The van der Waals surface area contributed by atoms with Crippen molar-refractivity contribution >= 4 is 68.1 Å². The minimum atomic E-state index is -0.783. The van der Waals surface area contributed by atoms with Crippen LogP contribution in [0.25, 0.3) is 44.1 Å². The number of fused-ring (bicyclic) bond motifs is 2. The number of halogens is 2. The maximum Gasteiger partial charge on any atom is 0.252 e. The molecule has 2 atom stereocenters. The fourth-order valence-corrected chi connectivity index (χ4v) is 10.4. The van der Waals surface area contributed by atoms with E-state index in [0.717, 1.165) is 44.1 Å². The summed E-state index contributed by atoms with van der Waals surface area (Å²) >= 11 is 12.5. The van der Waals surface area contributed by atoms with Crippen LogP contribution in [0, 0.1) is 0 Å². The molecule has 10 rings (SSSR count). The third-order valence-electron chi connectivity index (χ3n) is 13.9. The first-order chi connectivity index (χ1) is 38.5. The van der Waals surface area contributed by atoms with E-state index >= 15 is 0 Å². The van der Waals surface area contributed by atoms with Crippen molar-refractivity contribution in [1.29, 1.82) is 0 Å². The molecule has 0 aliphatic rings. The Hall–Kier alpha value is -8.98. The number of Topliss-reactive ketones (excluding diaryl/α,β-unsaturated/α-hetero) is 4. The molecule has 6 aromatic carbocycles. The average Bonchev–Trinajstić information content (AvgIpc) is 4.02. The van der Waals surface area contributed by atoms with Crippen molar-refractivity contribution in [3.05, 3.63) is 235 Å². The molecular weight excluding hydrogens is 1050 g/mol. The van der Waals surface area contributed by atoms with Crippen LogP contribution in [0.5, 0.6) is 11.5 Å². The number of rotatable bonds is 18. The van der Waals surface area contributed by atoms with Crippen LogP contribution < -0.4 is 20.6 Å². The number of ketones is 4. The quantitative estimate of drug-likeness (QED) is 0.0755. The highest BCUT2D eigenvalue weighted by Crippen LogP contribution is 2.36. The van der Waals surface area contributed by atoms with Gasteiger partial charge in [-0.25, -0.2) is 0 Å². The molecule has 0 unspecified atom stereocenters. The average molecular weight is 1110 g/mol. The Bertz CT molecular complexity index is 3840. The van der Waals surface area contributed by atoms with Gasteiger partial charge in [0.25, 0.3) is 11.1 Å². The first-order valence-corrected chi connectivity index (χ1v) is 26.4. The zero-order chi connectivity index (χ0) is 56.8. The smallest absolute Gasteiger partial charge is 0.252 e. The van der Waals surface area contributed by atoms with E-state index < -0.39 is 12.1 Å². The van der Waals surface area contributed by atoms with Gasteiger partial charge in [0.2, 0.25) is 0 Å². The fourth-order valence-electron chi connectivity index (χ4n) is 10.0. The lowest BCUT2D eigenvalue weighted by atomic mass is 9.95. The molecule has 10 aromatic rings. The summed E-state index contributed by atoms with van der Waals surface area (Å²) < 4.78 is 17.7. The lowest BCUT2D eigenvalue weighted by Gasteiger charge is -2.21. The number of carbonyl (C=O) groups is 4. The highest BCUT2D eigenvalue weighted by atomic mass is 35.5. The highest BCUT2D eigenvalue weighted by Gasteiger charge is 2.27. The van der Waals surface area contributed by atoms with Gasteiger partial charge < -0.3 is 18.6 Å². The second-order valence-corrected chi connectivity index (χ2v) is 20.5. The maximum absolute atomic E-state index is 13.9. The molecule has 0 aliphatic carbocycles. The largest absolute Gasteiger partial charge is 0.495 e. The molecule has 0 fully saturated rings. The van der Waals surface area contributed by atoms with E-state index in [4.69, 9.17) is 32.7 Å². The van der Waals surface area contributed by atoms with Crippen molar-refractivity contribution in [3.63, 3.8) is 0 Å².